The molecule has 1 atom stereocenters. The van der Waals surface area contributed by atoms with E-state index in [2.05, 4.69) is 50.0 Å². The molecule has 6 nitrogen and oxygen atoms in total. The molecule has 0 aliphatic rings. The molecule has 2 heterocycles. The minimum absolute atomic E-state index is 0. The summed E-state index contributed by atoms with van der Waals surface area (Å²) in [7, 11) is 0. The van der Waals surface area contributed by atoms with E-state index in [9.17, 15) is 5.11 Å². The number of aliphatic imine (C=N–C) groups is 1. The van der Waals surface area contributed by atoms with E-state index in [0.29, 0.717) is 12.5 Å². The molecule has 0 saturated heterocycles. The molecule has 0 aliphatic heterocycles. The van der Waals surface area contributed by atoms with E-state index in [0.717, 1.165) is 30.6 Å². The topological polar surface area (TPSA) is 85.3 Å². The van der Waals surface area contributed by atoms with E-state index in [1.807, 2.05) is 13.0 Å². The Bertz CT molecular complexity index is 850. The number of hydrogen-bond donors (Lipinski definition) is 4. The zero-order valence-electron chi connectivity index (χ0n) is 15.4. The number of hydrogen-bond acceptors (Lipinski definition) is 3. The number of guanidine groups is 1. The van der Waals surface area contributed by atoms with Crippen molar-refractivity contribution in [2.24, 2.45) is 4.99 Å². The summed E-state index contributed by atoms with van der Waals surface area (Å²) < 4.78 is 0. The van der Waals surface area contributed by atoms with Crippen LogP contribution in [0.5, 0.6) is 0 Å². The molecular weight excluding hydrogens is 453 g/mol. The molecule has 4 N–H and O–H groups in total. The first-order valence-corrected chi connectivity index (χ1v) is 8.93. The smallest absolute Gasteiger partial charge is 0.191 e. The molecule has 0 amide bonds. The molecule has 2 aromatic heterocycles. The third-order valence-corrected chi connectivity index (χ3v) is 4.22. The highest BCUT2D eigenvalue weighted by Crippen LogP contribution is 2.17. The third kappa shape index (κ3) is 5.93. The van der Waals surface area contributed by atoms with Gasteiger partial charge in [0.15, 0.2) is 5.96 Å². The van der Waals surface area contributed by atoms with Crippen LogP contribution in [0.3, 0.4) is 0 Å². The lowest BCUT2D eigenvalue weighted by Gasteiger charge is -2.13. The summed E-state index contributed by atoms with van der Waals surface area (Å²) in [6, 6.07) is 11.9. The van der Waals surface area contributed by atoms with Gasteiger partial charge >= 0.3 is 0 Å². The standard InChI is InChI=1S/C20H25N5O.HI/c1-2-22-20(25-14-19(26)15-7-10-21-11-8-15)23-12-9-16-13-24-18-6-4-3-5-17(16)18;/h3-8,10-11,13,19,24,26H,2,9,12,14H2,1H3,(H2,22,23,25);1H. The van der Waals surface area contributed by atoms with Crippen LogP contribution in [0.25, 0.3) is 10.9 Å². The normalized spacial score (nSPS) is 12.4. The molecule has 0 fully saturated rings. The second kappa shape index (κ2) is 10.9. The van der Waals surface area contributed by atoms with Gasteiger partial charge in [0.1, 0.15) is 0 Å². The van der Waals surface area contributed by atoms with Crippen LogP contribution < -0.4 is 10.6 Å². The van der Waals surface area contributed by atoms with E-state index >= 15 is 0 Å². The van der Waals surface area contributed by atoms with Crippen molar-refractivity contribution in [3.8, 4) is 0 Å². The van der Waals surface area contributed by atoms with Crippen molar-refractivity contribution in [2.45, 2.75) is 19.4 Å². The second-order valence-electron chi connectivity index (χ2n) is 6.05. The zero-order valence-corrected chi connectivity index (χ0v) is 17.7. The third-order valence-electron chi connectivity index (χ3n) is 4.22. The molecule has 1 aromatic carbocycles. The quantitative estimate of drug-likeness (QED) is 0.239. The van der Waals surface area contributed by atoms with Crippen molar-refractivity contribution in [3.05, 3.63) is 66.1 Å². The van der Waals surface area contributed by atoms with E-state index in [-0.39, 0.29) is 24.0 Å². The number of nitrogens with zero attached hydrogens (tertiary/aromatic N) is 2. The van der Waals surface area contributed by atoms with Crippen molar-refractivity contribution < 1.29 is 5.11 Å². The van der Waals surface area contributed by atoms with E-state index < -0.39 is 6.10 Å². The van der Waals surface area contributed by atoms with Crippen LogP contribution in [-0.2, 0) is 6.42 Å². The van der Waals surface area contributed by atoms with Gasteiger partial charge in [-0.2, -0.15) is 0 Å². The van der Waals surface area contributed by atoms with Crippen molar-refractivity contribution in [3.63, 3.8) is 0 Å². The van der Waals surface area contributed by atoms with Crippen LogP contribution in [0, 0.1) is 0 Å². The maximum Gasteiger partial charge on any atom is 0.191 e. The van der Waals surface area contributed by atoms with Gasteiger partial charge in [-0.15, -0.1) is 24.0 Å². The molecule has 0 saturated carbocycles. The largest absolute Gasteiger partial charge is 0.386 e. The average Bonchev–Trinajstić information content (AvgIpc) is 3.10. The van der Waals surface area contributed by atoms with Crippen molar-refractivity contribution >= 4 is 40.8 Å². The Labute approximate surface area is 176 Å². The van der Waals surface area contributed by atoms with Gasteiger partial charge in [0, 0.05) is 42.6 Å². The zero-order chi connectivity index (χ0) is 18.2. The predicted molar refractivity (Wildman–Crippen MR) is 121 cm³/mol. The van der Waals surface area contributed by atoms with Crippen LogP contribution in [0.4, 0.5) is 0 Å². The summed E-state index contributed by atoms with van der Waals surface area (Å²) in [4.78, 5) is 11.7. The predicted octanol–water partition coefficient (Wildman–Crippen LogP) is 3.01. The van der Waals surface area contributed by atoms with Gasteiger partial charge in [-0.1, -0.05) is 18.2 Å². The molecule has 144 valence electrons. The molecule has 0 aliphatic carbocycles. The molecule has 7 heteroatoms. The summed E-state index contributed by atoms with van der Waals surface area (Å²) in [6.45, 7) is 3.85. The Hall–Kier alpha value is -2.13. The van der Waals surface area contributed by atoms with Gasteiger partial charge in [-0.05, 0) is 42.7 Å². The number of benzene rings is 1. The Morgan fingerprint density at radius 1 is 1.19 bits per heavy atom. The van der Waals surface area contributed by atoms with E-state index in [4.69, 9.17) is 0 Å². The number of fused-ring (bicyclic) bond motifs is 1. The Morgan fingerprint density at radius 3 is 2.74 bits per heavy atom. The van der Waals surface area contributed by atoms with Gasteiger partial charge in [-0.25, -0.2) is 0 Å². The number of aromatic amines is 1. The number of aromatic nitrogens is 2. The fraction of sp³-hybridized carbons (Fsp3) is 0.300. The lowest BCUT2D eigenvalue weighted by atomic mass is 10.1. The Kier molecular flexibility index (Phi) is 8.53. The monoisotopic (exact) mass is 479 g/mol. The van der Waals surface area contributed by atoms with E-state index in [1.54, 1.807) is 24.5 Å². The molecular formula is C20H26IN5O. The van der Waals surface area contributed by atoms with Crippen LogP contribution in [0.2, 0.25) is 0 Å². The SMILES string of the molecule is CCNC(=NCC(O)c1ccncc1)NCCc1c[nH]c2ccccc12.I. The summed E-state index contributed by atoms with van der Waals surface area (Å²) in [5.74, 6) is 0.709. The summed E-state index contributed by atoms with van der Waals surface area (Å²) in [5, 5.41) is 18.0. The fourth-order valence-electron chi connectivity index (χ4n) is 2.86. The van der Waals surface area contributed by atoms with Crippen LogP contribution in [0.15, 0.2) is 60.0 Å². The Morgan fingerprint density at radius 2 is 1.96 bits per heavy atom. The van der Waals surface area contributed by atoms with Crippen LogP contribution in [0.1, 0.15) is 24.2 Å². The van der Waals surface area contributed by atoms with Crippen molar-refractivity contribution in [1.82, 2.24) is 20.6 Å². The van der Waals surface area contributed by atoms with Crippen LogP contribution >= 0.6 is 24.0 Å². The van der Waals surface area contributed by atoms with Gasteiger partial charge in [0.2, 0.25) is 0 Å². The molecule has 0 radical (unpaired) electrons. The van der Waals surface area contributed by atoms with Gasteiger partial charge in [-0.3, -0.25) is 9.98 Å². The average molecular weight is 479 g/mol. The van der Waals surface area contributed by atoms with Crippen molar-refractivity contribution in [1.29, 1.82) is 0 Å². The first-order valence-electron chi connectivity index (χ1n) is 8.93. The number of pyridine rings is 1. The maximum atomic E-state index is 10.2. The first kappa shape index (κ1) is 21.2. The van der Waals surface area contributed by atoms with Gasteiger partial charge in [0.05, 0.1) is 12.6 Å². The minimum Gasteiger partial charge on any atom is -0.386 e. The summed E-state index contributed by atoms with van der Waals surface area (Å²) in [5.41, 5.74) is 3.25. The number of halogens is 1. The van der Waals surface area contributed by atoms with Gasteiger partial charge < -0.3 is 20.7 Å². The van der Waals surface area contributed by atoms with Gasteiger partial charge in [0.25, 0.3) is 0 Å². The lowest BCUT2D eigenvalue weighted by molar-refractivity contribution is 0.187. The van der Waals surface area contributed by atoms with Crippen molar-refractivity contribution in [2.75, 3.05) is 19.6 Å². The second-order valence-corrected chi connectivity index (χ2v) is 6.05. The number of nitrogens with one attached hydrogen (secondary N) is 3. The van der Waals surface area contributed by atoms with Crippen LogP contribution in [-0.4, -0.2) is 40.7 Å². The molecule has 3 aromatic rings. The maximum absolute atomic E-state index is 10.2. The number of aliphatic hydroxyl groups is 1. The fourth-order valence-corrected chi connectivity index (χ4v) is 2.86. The number of rotatable bonds is 7. The minimum atomic E-state index is -0.637. The highest BCUT2D eigenvalue weighted by atomic mass is 127. The highest BCUT2D eigenvalue weighted by Gasteiger charge is 2.07. The lowest BCUT2D eigenvalue weighted by Crippen LogP contribution is -2.38. The molecule has 27 heavy (non-hydrogen) atoms. The summed E-state index contributed by atoms with van der Waals surface area (Å²) >= 11 is 0. The Balaban J connectivity index is 0.00000261. The molecule has 0 bridgehead atoms. The molecule has 3 rings (SSSR count). The highest BCUT2D eigenvalue weighted by molar-refractivity contribution is 14.0. The van der Waals surface area contributed by atoms with E-state index in [1.165, 1.54) is 10.9 Å². The summed E-state index contributed by atoms with van der Waals surface area (Å²) in [6.07, 6.45) is 5.66. The first-order chi connectivity index (χ1) is 12.8. The molecule has 1 unspecified atom stereocenters. The number of para-hydroxylation sites is 1. The number of H-pyrrole nitrogens is 1. The number of aliphatic hydroxyl groups excluding tert-OH is 1. The molecule has 0 spiro atoms.